The smallest absolute Gasteiger partial charge is 0.0782 e. The average Bonchev–Trinajstić information content (AvgIpc) is 3.79. The van der Waals surface area contributed by atoms with Crippen LogP contribution < -0.4 is 4.90 Å². The fourth-order valence-electron chi connectivity index (χ4n) is 8.34. The zero-order valence-electron chi connectivity index (χ0n) is 29.9. The Bertz CT molecular complexity index is 3180. The second-order valence-corrected chi connectivity index (χ2v) is 15.2. The minimum absolute atomic E-state index is 1.10. The molecule has 2 nitrogen and oxygen atoms in total. The van der Waals surface area contributed by atoms with E-state index in [4.69, 9.17) is 0 Å². The zero-order chi connectivity index (χ0) is 36.3. The van der Waals surface area contributed by atoms with Crippen LogP contribution in [-0.4, -0.2) is 4.57 Å². The highest BCUT2D eigenvalue weighted by Gasteiger charge is 2.21. The second-order valence-electron chi connectivity index (χ2n) is 14.2. The van der Waals surface area contributed by atoms with Crippen LogP contribution in [0, 0.1) is 0 Å². The maximum atomic E-state index is 2.42. The molecule has 0 saturated carbocycles. The zero-order valence-corrected chi connectivity index (χ0v) is 30.7. The number of benzene rings is 9. The SMILES string of the molecule is c1ccc(-c2ccc(N(c3ccc(-c4ccc5cc6sc7ccccc7c6cc5c4)cc3)c3cccc4c5ccccc5n(-c5ccccc5)c34)cc2)cc1. The summed E-state index contributed by atoms with van der Waals surface area (Å²) in [5, 5.41) is 7.66. The van der Waals surface area contributed by atoms with Crippen LogP contribution in [-0.2, 0) is 0 Å². The van der Waals surface area contributed by atoms with Gasteiger partial charge in [-0.25, -0.2) is 0 Å². The van der Waals surface area contributed by atoms with Crippen molar-refractivity contribution in [3.05, 3.63) is 206 Å². The highest BCUT2D eigenvalue weighted by atomic mass is 32.1. The standard InChI is InChI=1S/C52H34N2S/c1-3-12-35(13-4-1)36-24-28-42(29-25-36)53(49-20-11-18-46-44-16-7-9-19-48(44)54(52(46)49)41-14-5-2-6-15-41)43-30-26-37(27-31-43)38-22-23-39-34-51-47(33-40(39)32-38)45-17-8-10-21-50(45)55-51/h1-34H. The third-order valence-corrected chi connectivity index (χ3v) is 12.1. The lowest BCUT2D eigenvalue weighted by molar-refractivity contribution is 1.17. The second kappa shape index (κ2) is 12.9. The third kappa shape index (κ3) is 5.32. The summed E-state index contributed by atoms with van der Waals surface area (Å²) in [5.74, 6) is 0. The van der Waals surface area contributed by atoms with Crippen molar-refractivity contribution < 1.29 is 0 Å². The molecule has 0 atom stereocenters. The van der Waals surface area contributed by atoms with Crippen LogP contribution in [0.15, 0.2) is 206 Å². The van der Waals surface area contributed by atoms with E-state index < -0.39 is 0 Å². The van der Waals surface area contributed by atoms with Gasteiger partial charge in [0.05, 0.1) is 16.7 Å². The molecule has 11 aromatic rings. The molecule has 0 aliphatic carbocycles. The lowest BCUT2D eigenvalue weighted by Gasteiger charge is -2.27. The van der Waals surface area contributed by atoms with Crippen molar-refractivity contribution in [3.63, 3.8) is 0 Å². The van der Waals surface area contributed by atoms with Crippen molar-refractivity contribution in [2.45, 2.75) is 0 Å². The van der Waals surface area contributed by atoms with Gasteiger partial charge in [-0.1, -0.05) is 133 Å². The molecule has 0 saturated heterocycles. The molecule has 3 heteroatoms. The largest absolute Gasteiger partial charge is 0.308 e. The van der Waals surface area contributed by atoms with E-state index in [1.807, 2.05) is 11.3 Å². The Kier molecular flexibility index (Phi) is 7.39. The van der Waals surface area contributed by atoms with Crippen molar-refractivity contribution in [1.29, 1.82) is 0 Å². The fraction of sp³-hybridized carbons (Fsp3) is 0. The van der Waals surface area contributed by atoms with Gasteiger partial charge in [0.25, 0.3) is 0 Å². The molecule has 0 fully saturated rings. The third-order valence-electron chi connectivity index (χ3n) is 11.0. The minimum atomic E-state index is 1.10. The van der Waals surface area contributed by atoms with Gasteiger partial charge in [0.2, 0.25) is 0 Å². The van der Waals surface area contributed by atoms with E-state index in [0.717, 1.165) is 22.7 Å². The highest BCUT2D eigenvalue weighted by molar-refractivity contribution is 7.25. The molecular weight excluding hydrogens is 685 g/mol. The van der Waals surface area contributed by atoms with Gasteiger partial charge in [0.1, 0.15) is 0 Å². The van der Waals surface area contributed by atoms with Crippen molar-refractivity contribution >= 4 is 81.1 Å². The minimum Gasteiger partial charge on any atom is -0.308 e. The van der Waals surface area contributed by atoms with Gasteiger partial charge in [0.15, 0.2) is 0 Å². The number of para-hydroxylation sites is 3. The Labute approximate surface area is 323 Å². The first-order chi connectivity index (χ1) is 27.3. The fourth-order valence-corrected chi connectivity index (χ4v) is 9.47. The maximum Gasteiger partial charge on any atom is 0.0782 e. The van der Waals surface area contributed by atoms with Crippen molar-refractivity contribution in [2.24, 2.45) is 0 Å². The predicted octanol–water partition coefficient (Wildman–Crippen LogP) is 15.1. The summed E-state index contributed by atoms with van der Waals surface area (Å²) in [5.41, 5.74) is 11.6. The highest BCUT2D eigenvalue weighted by Crippen LogP contribution is 2.44. The van der Waals surface area contributed by atoms with Crippen LogP contribution in [0.4, 0.5) is 17.1 Å². The number of rotatable bonds is 6. The summed E-state index contributed by atoms with van der Waals surface area (Å²) in [4.78, 5) is 2.41. The van der Waals surface area contributed by atoms with Gasteiger partial charge in [-0.3, -0.25) is 0 Å². The van der Waals surface area contributed by atoms with Crippen molar-refractivity contribution in [3.8, 4) is 27.9 Å². The molecule has 2 heterocycles. The van der Waals surface area contributed by atoms with E-state index in [9.17, 15) is 0 Å². The first-order valence-electron chi connectivity index (χ1n) is 18.8. The summed E-state index contributed by atoms with van der Waals surface area (Å²) in [6, 6.07) is 75.2. The van der Waals surface area contributed by atoms with Gasteiger partial charge in [-0.15, -0.1) is 11.3 Å². The molecule has 0 amide bonds. The number of aromatic nitrogens is 1. The lowest BCUT2D eigenvalue weighted by atomic mass is 9.99. The summed E-state index contributed by atoms with van der Waals surface area (Å²) in [7, 11) is 0. The molecule has 2 aromatic heterocycles. The van der Waals surface area contributed by atoms with Crippen LogP contribution in [0.5, 0.6) is 0 Å². The molecule has 0 unspecified atom stereocenters. The number of anilines is 3. The molecule has 0 spiro atoms. The molecule has 0 aliphatic rings. The summed E-state index contributed by atoms with van der Waals surface area (Å²) in [6.45, 7) is 0. The average molecular weight is 719 g/mol. The molecule has 0 bridgehead atoms. The summed E-state index contributed by atoms with van der Waals surface area (Å²) in [6.07, 6.45) is 0. The molecule has 11 rings (SSSR count). The van der Waals surface area contributed by atoms with Crippen LogP contribution in [0.1, 0.15) is 0 Å². The van der Waals surface area contributed by atoms with Crippen molar-refractivity contribution in [2.75, 3.05) is 4.90 Å². The Morgan fingerprint density at radius 3 is 1.73 bits per heavy atom. The van der Waals surface area contributed by atoms with E-state index in [2.05, 4.69) is 216 Å². The Balaban J connectivity index is 1.07. The first-order valence-corrected chi connectivity index (χ1v) is 19.6. The van der Waals surface area contributed by atoms with E-state index >= 15 is 0 Å². The van der Waals surface area contributed by atoms with Gasteiger partial charge in [-0.2, -0.15) is 0 Å². The molecule has 0 radical (unpaired) electrons. The normalized spacial score (nSPS) is 11.6. The number of fused-ring (bicyclic) bond motifs is 7. The number of nitrogens with zero attached hydrogens (tertiary/aromatic N) is 2. The summed E-state index contributed by atoms with van der Waals surface area (Å²) < 4.78 is 5.09. The predicted molar refractivity (Wildman–Crippen MR) is 237 cm³/mol. The summed E-state index contributed by atoms with van der Waals surface area (Å²) >= 11 is 1.87. The van der Waals surface area contributed by atoms with Gasteiger partial charge < -0.3 is 9.47 Å². The molecule has 258 valence electrons. The maximum absolute atomic E-state index is 2.42. The Morgan fingerprint density at radius 2 is 0.964 bits per heavy atom. The number of thiophene rings is 1. The van der Waals surface area contributed by atoms with Gasteiger partial charge in [-0.05, 0) is 106 Å². The lowest BCUT2D eigenvalue weighted by Crippen LogP contribution is -2.11. The topological polar surface area (TPSA) is 8.17 Å². The quantitative estimate of drug-likeness (QED) is 0.166. The van der Waals surface area contributed by atoms with E-state index in [0.29, 0.717) is 0 Å². The molecule has 0 N–H and O–H groups in total. The molecule has 9 aromatic carbocycles. The monoisotopic (exact) mass is 718 g/mol. The van der Waals surface area contributed by atoms with E-state index in [1.165, 1.54) is 75.0 Å². The van der Waals surface area contributed by atoms with E-state index in [1.54, 1.807) is 0 Å². The Hall–Kier alpha value is -6.94. The first kappa shape index (κ1) is 31.6. The molecule has 0 aliphatic heterocycles. The van der Waals surface area contributed by atoms with Crippen LogP contribution in [0.3, 0.4) is 0 Å². The molecule has 55 heavy (non-hydrogen) atoms. The Morgan fingerprint density at radius 1 is 0.364 bits per heavy atom. The van der Waals surface area contributed by atoms with Crippen LogP contribution in [0.25, 0.3) is 80.7 Å². The number of hydrogen-bond donors (Lipinski definition) is 0. The van der Waals surface area contributed by atoms with Crippen LogP contribution in [0.2, 0.25) is 0 Å². The number of hydrogen-bond acceptors (Lipinski definition) is 2. The van der Waals surface area contributed by atoms with E-state index in [-0.39, 0.29) is 0 Å². The van der Waals surface area contributed by atoms with Gasteiger partial charge in [0, 0.05) is 48.0 Å². The van der Waals surface area contributed by atoms with Gasteiger partial charge >= 0.3 is 0 Å². The van der Waals surface area contributed by atoms with Crippen LogP contribution >= 0.6 is 11.3 Å². The van der Waals surface area contributed by atoms with Crippen molar-refractivity contribution in [1.82, 2.24) is 4.57 Å². The molecular formula is C52H34N2S.